The van der Waals surface area contributed by atoms with Crippen molar-refractivity contribution in [1.29, 1.82) is 5.26 Å². The van der Waals surface area contributed by atoms with Crippen molar-refractivity contribution in [3.05, 3.63) is 54.1 Å². The topological polar surface area (TPSA) is 99.3 Å². The van der Waals surface area contributed by atoms with Gasteiger partial charge >= 0.3 is 0 Å². The van der Waals surface area contributed by atoms with Crippen molar-refractivity contribution in [2.75, 3.05) is 7.11 Å². The summed E-state index contributed by atoms with van der Waals surface area (Å²) in [7, 11) is 1.63. The minimum absolute atomic E-state index is 0.193. The highest BCUT2D eigenvalue weighted by Gasteiger charge is 2.43. The van der Waals surface area contributed by atoms with Crippen LogP contribution in [0.3, 0.4) is 0 Å². The number of aromatic amines is 1. The summed E-state index contributed by atoms with van der Waals surface area (Å²) < 4.78 is 5.25. The van der Waals surface area contributed by atoms with Gasteiger partial charge in [0.25, 0.3) is 0 Å². The zero-order valence-electron chi connectivity index (χ0n) is 14.1. The number of rotatable bonds is 5. The largest absolute Gasteiger partial charge is 0.497 e. The summed E-state index contributed by atoms with van der Waals surface area (Å²) in [5, 5.41) is 18.6. The number of benzene rings is 1. The number of hydrogen-bond donors (Lipinski definition) is 1. The van der Waals surface area contributed by atoms with E-state index in [0.29, 0.717) is 6.42 Å². The molecule has 26 heavy (non-hydrogen) atoms. The highest BCUT2D eigenvalue weighted by Crippen LogP contribution is 2.42. The van der Waals surface area contributed by atoms with Gasteiger partial charge in [-0.05, 0) is 23.8 Å². The predicted molar refractivity (Wildman–Crippen MR) is 98.5 cm³/mol. The molecule has 1 unspecified atom stereocenters. The second-order valence-corrected chi connectivity index (χ2v) is 6.07. The summed E-state index contributed by atoms with van der Waals surface area (Å²) in [5.74, 6) is 0.573. The summed E-state index contributed by atoms with van der Waals surface area (Å²) in [6.07, 6.45) is 7.18. The van der Waals surface area contributed by atoms with Gasteiger partial charge in [-0.2, -0.15) is 15.5 Å². The molecule has 0 aliphatic carbocycles. The number of H-pyrrole nitrogens is 1. The fraction of sp³-hybridized carbons (Fsp3) is 0.211. The average Bonchev–Trinajstić information content (AvgIpc) is 3.36. The molecular weight excluding hydrogens is 328 g/mol. The molecular formula is C19H16N6O. The van der Waals surface area contributed by atoms with Gasteiger partial charge in [0.15, 0.2) is 0 Å². The van der Waals surface area contributed by atoms with Crippen molar-refractivity contribution in [3.8, 4) is 11.8 Å². The van der Waals surface area contributed by atoms with Crippen molar-refractivity contribution in [3.63, 3.8) is 0 Å². The van der Waals surface area contributed by atoms with Crippen LogP contribution in [0.15, 0.2) is 53.1 Å². The summed E-state index contributed by atoms with van der Waals surface area (Å²) in [6.45, 7) is 0. The molecule has 7 nitrogen and oxygen atoms in total. The lowest BCUT2D eigenvalue weighted by Gasteiger charge is -2.31. The molecule has 1 N–H and O–H groups in total. The quantitative estimate of drug-likeness (QED) is 0.769. The van der Waals surface area contributed by atoms with Crippen molar-refractivity contribution < 1.29 is 4.74 Å². The van der Waals surface area contributed by atoms with Crippen molar-refractivity contribution in [2.24, 2.45) is 10.2 Å². The Morgan fingerprint density at radius 2 is 1.92 bits per heavy atom. The van der Waals surface area contributed by atoms with Gasteiger partial charge in [0.1, 0.15) is 17.7 Å². The first-order chi connectivity index (χ1) is 12.8. The molecule has 3 aromatic rings. The van der Waals surface area contributed by atoms with Crippen LogP contribution in [0.25, 0.3) is 11.0 Å². The number of fused-ring (bicyclic) bond motifs is 1. The van der Waals surface area contributed by atoms with Gasteiger partial charge in [0.2, 0.25) is 0 Å². The van der Waals surface area contributed by atoms with Crippen molar-refractivity contribution >= 4 is 23.5 Å². The van der Waals surface area contributed by atoms with Crippen LogP contribution in [0.4, 0.5) is 0 Å². The lowest BCUT2D eigenvalue weighted by atomic mass is 9.69. The highest BCUT2D eigenvalue weighted by molar-refractivity contribution is 6.03. The predicted octanol–water partition coefficient (Wildman–Crippen LogP) is 2.97. The molecule has 1 atom stereocenters. The molecule has 1 aliphatic rings. The minimum Gasteiger partial charge on any atom is -0.497 e. The molecule has 0 fully saturated rings. The third-order valence-electron chi connectivity index (χ3n) is 4.76. The molecule has 4 rings (SSSR count). The maximum absolute atomic E-state index is 9.49. The number of nitrogens with zero attached hydrogens (tertiary/aromatic N) is 5. The third-order valence-corrected chi connectivity index (χ3v) is 4.76. The molecule has 128 valence electrons. The first kappa shape index (κ1) is 16.0. The molecule has 1 aliphatic heterocycles. The Bertz CT molecular complexity index is 1020. The molecule has 1 aromatic carbocycles. The maximum atomic E-state index is 9.49. The van der Waals surface area contributed by atoms with Crippen LogP contribution < -0.4 is 4.74 Å². The van der Waals surface area contributed by atoms with E-state index in [4.69, 9.17) is 4.74 Å². The van der Waals surface area contributed by atoms with Gasteiger partial charge in [-0.3, -0.25) is 0 Å². The van der Waals surface area contributed by atoms with Crippen LogP contribution in [0, 0.1) is 11.3 Å². The van der Waals surface area contributed by atoms with Gasteiger partial charge in [-0.1, -0.05) is 12.1 Å². The number of methoxy groups -OCH3 is 1. The lowest BCUT2D eigenvalue weighted by Crippen LogP contribution is -2.37. The van der Waals surface area contributed by atoms with Crippen LogP contribution in [-0.4, -0.2) is 34.5 Å². The molecule has 0 radical (unpaired) electrons. The Labute approximate surface area is 150 Å². The van der Waals surface area contributed by atoms with E-state index in [0.717, 1.165) is 28.0 Å². The monoisotopic (exact) mass is 344 g/mol. The number of nitrogens with one attached hydrogen (secondary N) is 1. The van der Waals surface area contributed by atoms with Crippen LogP contribution in [-0.2, 0) is 5.41 Å². The Kier molecular flexibility index (Phi) is 3.93. The van der Waals surface area contributed by atoms with E-state index in [-0.39, 0.29) is 5.92 Å². The molecule has 3 heterocycles. The zero-order chi connectivity index (χ0) is 18.0. The molecule has 7 heteroatoms. The molecule has 0 amide bonds. The Morgan fingerprint density at radius 1 is 1.15 bits per heavy atom. The zero-order valence-corrected chi connectivity index (χ0v) is 14.1. The Morgan fingerprint density at radius 3 is 2.62 bits per heavy atom. The second-order valence-electron chi connectivity index (χ2n) is 6.07. The van der Waals surface area contributed by atoms with Crippen LogP contribution in [0.5, 0.6) is 5.75 Å². The lowest BCUT2D eigenvalue weighted by molar-refractivity contribution is 0.414. The molecule has 0 spiro atoms. The number of hydrogen-bond acceptors (Lipinski definition) is 6. The molecule has 0 saturated carbocycles. The third kappa shape index (κ3) is 2.43. The molecule has 0 bridgehead atoms. The van der Waals surface area contributed by atoms with E-state index in [1.54, 1.807) is 19.5 Å². The molecule has 0 saturated heterocycles. The Hall–Kier alpha value is -3.53. The van der Waals surface area contributed by atoms with E-state index < -0.39 is 5.41 Å². The van der Waals surface area contributed by atoms with E-state index in [2.05, 4.69) is 31.2 Å². The molecule has 2 aromatic heterocycles. The smallest absolute Gasteiger partial charge is 0.140 e. The fourth-order valence-corrected chi connectivity index (χ4v) is 3.47. The summed E-state index contributed by atoms with van der Waals surface area (Å²) in [4.78, 5) is 11.9. The fourth-order valence-electron chi connectivity index (χ4n) is 3.47. The van der Waals surface area contributed by atoms with Gasteiger partial charge in [-0.15, -0.1) is 0 Å². The summed E-state index contributed by atoms with van der Waals surface area (Å²) in [5.41, 5.74) is 1.81. The number of nitriles is 1. The van der Waals surface area contributed by atoms with Gasteiger partial charge in [0.05, 0.1) is 24.3 Å². The maximum Gasteiger partial charge on any atom is 0.140 e. The minimum atomic E-state index is -0.715. The van der Waals surface area contributed by atoms with E-state index in [1.165, 1.54) is 6.33 Å². The SMILES string of the molecule is COc1ccc(C(CC#N)C2(c3ncnc4[nH]ccc34)C=NN=C2)cc1. The van der Waals surface area contributed by atoms with Crippen LogP contribution in [0.2, 0.25) is 0 Å². The van der Waals surface area contributed by atoms with Crippen molar-refractivity contribution in [1.82, 2.24) is 15.0 Å². The summed E-state index contributed by atoms with van der Waals surface area (Å²) >= 11 is 0. The second kappa shape index (κ2) is 6.41. The Balaban J connectivity index is 1.90. The number of aromatic nitrogens is 3. The van der Waals surface area contributed by atoms with Crippen LogP contribution in [0.1, 0.15) is 23.6 Å². The van der Waals surface area contributed by atoms with E-state index in [9.17, 15) is 5.26 Å². The first-order valence-electron chi connectivity index (χ1n) is 8.16. The van der Waals surface area contributed by atoms with Crippen LogP contribution >= 0.6 is 0 Å². The normalized spacial score (nSPS) is 15.8. The average molecular weight is 344 g/mol. The standard InChI is InChI=1S/C19H16N6O/c1-26-14-4-2-13(3-5-14)16(6-8-20)19(10-24-25-11-19)17-15-7-9-21-18(15)23-12-22-17/h2-5,7,9-12,16H,6H2,1H3,(H,21,22,23). The highest BCUT2D eigenvalue weighted by atomic mass is 16.5. The van der Waals surface area contributed by atoms with E-state index >= 15 is 0 Å². The van der Waals surface area contributed by atoms with Gasteiger partial charge in [-0.25, -0.2) is 9.97 Å². The summed E-state index contributed by atoms with van der Waals surface area (Å²) in [6, 6.07) is 12.0. The van der Waals surface area contributed by atoms with E-state index in [1.807, 2.05) is 36.5 Å². The van der Waals surface area contributed by atoms with Gasteiger partial charge in [0, 0.05) is 36.4 Å². The van der Waals surface area contributed by atoms with Gasteiger partial charge < -0.3 is 9.72 Å². The van der Waals surface area contributed by atoms with Crippen molar-refractivity contribution in [2.45, 2.75) is 17.8 Å². The number of ether oxygens (including phenoxy) is 1. The first-order valence-corrected chi connectivity index (χ1v) is 8.16.